The molecule has 0 N–H and O–H groups in total. The first-order valence-corrected chi connectivity index (χ1v) is 7.04. The molecule has 19 heavy (non-hydrogen) atoms. The minimum Gasteiger partial charge on any atom is -0.207 e. The Morgan fingerprint density at radius 1 is 1.11 bits per heavy atom. The van der Waals surface area contributed by atoms with E-state index in [2.05, 4.69) is 19.1 Å². The summed E-state index contributed by atoms with van der Waals surface area (Å²) in [4.78, 5) is 0. The number of benzene rings is 2. The Morgan fingerprint density at radius 2 is 1.79 bits per heavy atom. The van der Waals surface area contributed by atoms with Gasteiger partial charge in [0.25, 0.3) is 0 Å². The van der Waals surface area contributed by atoms with E-state index in [-0.39, 0.29) is 5.82 Å². The molecular weight excluding hydrogens is 259 g/mol. The third-order valence-electron chi connectivity index (χ3n) is 3.24. The van der Waals surface area contributed by atoms with Crippen molar-refractivity contribution in [1.29, 1.82) is 0 Å². The van der Waals surface area contributed by atoms with Crippen molar-refractivity contribution in [3.63, 3.8) is 0 Å². The summed E-state index contributed by atoms with van der Waals surface area (Å²) < 4.78 is 13.9. The van der Waals surface area contributed by atoms with Crippen LogP contribution in [0.1, 0.15) is 41.0 Å². The molecule has 0 aliphatic heterocycles. The second-order valence-electron chi connectivity index (χ2n) is 4.88. The summed E-state index contributed by atoms with van der Waals surface area (Å²) in [5.41, 5.74) is 3.67. The van der Waals surface area contributed by atoms with Gasteiger partial charge in [-0.3, -0.25) is 0 Å². The van der Waals surface area contributed by atoms with Crippen molar-refractivity contribution in [2.24, 2.45) is 0 Å². The molecule has 2 aromatic rings. The Balaban J connectivity index is 2.25. The number of rotatable bonds is 4. The molecule has 100 valence electrons. The van der Waals surface area contributed by atoms with Crippen LogP contribution in [0.3, 0.4) is 0 Å². The van der Waals surface area contributed by atoms with Crippen LogP contribution < -0.4 is 0 Å². The summed E-state index contributed by atoms with van der Waals surface area (Å²) in [5, 5.41) is -0.434. The van der Waals surface area contributed by atoms with Gasteiger partial charge in [-0.1, -0.05) is 49.7 Å². The van der Waals surface area contributed by atoms with Gasteiger partial charge in [-0.2, -0.15) is 0 Å². The maximum atomic E-state index is 13.9. The summed E-state index contributed by atoms with van der Waals surface area (Å²) in [6, 6.07) is 13.3. The van der Waals surface area contributed by atoms with Crippen molar-refractivity contribution < 1.29 is 4.39 Å². The Labute approximate surface area is 119 Å². The van der Waals surface area contributed by atoms with Crippen LogP contribution in [0.25, 0.3) is 0 Å². The van der Waals surface area contributed by atoms with Gasteiger partial charge in [-0.25, -0.2) is 4.39 Å². The molecule has 2 rings (SSSR count). The smallest absolute Gasteiger partial charge is 0.128 e. The van der Waals surface area contributed by atoms with Crippen molar-refractivity contribution in [1.82, 2.24) is 0 Å². The standard InChI is InChI=1S/C17H18ClF/c1-3-4-13-6-8-14(9-7-13)17(18)15-10-5-12(2)11-16(15)19/h5-11,17H,3-4H2,1-2H3. The van der Waals surface area contributed by atoms with Gasteiger partial charge in [0, 0.05) is 5.56 Å². The van der Waals surface area contributed by atoms with E-state index in [0.717, 1.165) is 24.0 Å². The number of halogens is 2. The second kappa shape index (κ2) is 6.21. The summed E-state index contributed by atoms with van der Waals surface area (Å²) in [6.07, 6.45) is 2.18. The molecular formula is C17H18ClF. The van der Waals surface area contributed by atoms with E-state index in [1.165, 1.54) is 11.6 Å². The van der Waals surface area contributed by atoms with Crippen LogP contribution in [-0.2, 0) is 6.42 Å². The monoisotopic (exact) mass is 276 g/mol. The summed E-state index contributed by atoms with van der Waals surface area (Å²) >= 11 is 6.38. The molecule has 0 aromatic heterocycles. The van der Waals surface area contributed by atoms with Crippen molar-refractivity contribution in [3.05, 3.63) is 70.5 Å². The van der Waals surface area contributed by atoms with Crippen molar-refractivity contribution in [3.8, 4) is 0 Å². The lowest BCUT2D eigenvalue weighted by atomic mass is 10.0. The van der Waals surface area contributed by atoms with E-state index in [9.17, 15) is 4.39 Å². The Morgan fingerprint density at radius 3 is 2.37 bits per heavy atom. The largest absolute Gasteiger partial charge is 0.207 e. The highest BCUT2D eigenvalue weighted by atomic mass is 35.5. The van der Waals surface area contributed by atoms with E-state index >= 15 is 0 Å². The first kappa shape index (κ1) is 14.1. The van der Waals surface area contributed by atoms with Crippen LogP contribution in [-0.4, -0.2) is 0 Å². The van der Waals surface area contributed by atoms with Crippen LogP contribution in [0.15, 0.2) is 42.5 Å². The molecule has 0 nitrogen and oxygen atoms in total. The molecule has 0 radical (unpaired) electrons. The SMILES string of the molecule is CCCc1ccc(C(Cl)c2ccc(C)cc2F)cc1. The fourth-order valence-corrected chi connectivity index (χ4v) is 2.48. The Kier molecular flexibility index (Phi) is 4.60. The lowest BCUT2D eigenvalue weighted by Crippen LogP contribution is -1.98. The van der Waals surface area contributed by atoms with Gasteiger partial charge in [-0.15, -0.1) is 11.6 Å². The van der Waals surface area contributed by atoms with Crippen LogP contribution in [0.4, 0.5) is 4.39 Å². The zero-order chi connectivity index (χ0) is 13.8. The van der Waals surface area contributed by atoms with Gasteiger partial charge in [0.15, 0.2) is 0 Å². The first-order chi connectivity index (χ1) is 9.11. The molecule has 1 atom stereocenters. The minimum absolute atomic E-state index is 0.238. The van der Waals surface area contributed by atoms with Crippen LogP contribution in [0.2, 0.25) is 0 Å². The van der Waals surface area contributed by atoms with Crippen LogP contribution >= 0.6 is 11.6 Å². The Hall–Kier alpha value is -1.34. The van der Waals surface area contributed by atoms with Crippen molar-refractivity contribution in [2.45, 2.75) is 32.1 Å². The van der Waals surface area contributed by atoms with Crippen molar-refractivity contribution >= 4 is 11.6 Å². The summed E-state index contributed by atoms with van der Waals surface area (Å²) in [6.45, 7) is 4.02. The number of aryl methyl sites for hydroxylation is 2. The highest BCUT2D eigenvalue weighted by molar-refractivity contribution is 6.22. The van der Waals surface area contributed by atoms with Crippen molar-refractivity contribution in [2.75, 3.05) is 0 Å². The molecule has 0 amide bonds. The summed E-state index contributed by atoms with van der Waals surface area (Å²) in [7, 11) is 0. The quantitative estimate of drug-likeness (QED) is 0.655. The van der Waals surface area contributed by atoms with Crippen LogP contribution in [0.5, 0.6) is 0 Å². The highest BCUT2D eigenvalue weighted by Crippen LogP contribution is 2.31. The van der Waals surface area contributed by atoms with Gasteiger partial charge in [0.2, 0.25) is 0 Å². The fraction of sp³-hybridized carbons (Fsp3) is 0.294. The minimum atomic E-state index is -0.434. The molecule has 2 heteroatoms. The zero-order valence-electron chi connectivity index (χ0n) is 11.3. The molecule has 1 unspecified atom stereocenters. The molecule has 0 aliphatic rings. The van der Waals surface area contributed by atoms with E-state index < -0.39 is 5.38 Å². The lowest BCUT2D eigenvalue weighted by molar-refractivity contribution is 0.611. The second-order valence-corrected chi connectivity index (χ2v) is 5.32. The van der Waals surface area contributed by atoms with Gasteiger partial charge in [0.1, 0.15) is 5.82 Å². The van der Waals surface area contributed by atoms with Gasteiger partial charge in [0.05, 0.1) is 5.38 Å². The van der Waals surface area contributed by atoms with E-state index in [1.54, 1.807) is 6.07 Å². The Bertz CT molecular complexity index is 546. The third kappa shape index (κ3) is 3.36. The number of hydrogen-bond acceptors (Lipinski definition) is 0. The first-order valence-electron chi connectivity index (χ1n) is 6.60. The molecule has 0 saturated carbocycles. The maximum absolute atomic E-state index is 13.9. The molecule has 0 spiro atoms. The van der Waals surface area contributed by atoms with E-state index in [4.69, 9.17) is 11.6 Å². The average Bonchev–Trinajstić information content (AvgIpc) is 2.39. The molecule has 2 aromatic carbocycles. The van der Waals surface area contributed by atoms with E-state index in [0.29, 0.717) is 5.56 Å². The summed E-state index contributed by atoms with van der Waals surface area (Å²) in [5.74, 6) is -0.238. The third-order valence-corrected chi connectivity index (χ3v) is 3.73. The zero-order valence-corrected chi connectivity index (χ0v) is 12.0. The lowest BCUT2D eigenvalue weighted by Gasteiger charge is -2.12. The fourth-order valence-electron chi connectivity index (χ4n) is 2.16. The maximum Gasteiger partial charge on any atom is 0.128 e. The van der Waals surface area contributed by atoms with Gasteiger partial charge >= 0.3 is 0 Å². The van der Waals surface area contributed by atoms with E-state index in [1.807, 2.05) is 25.1 Å². The number of hydrogen-bond donors (Lipinski definition) is 0. The highest BCUT2D eigenvalue weighted by Gasteiger charge is 2.15. The number of alkyl halides is 1. The molecule has 0 bridgehead atoms. The average molecular weight is 277 g/mol. The van der Waals surface area contributed by atoms with Gasteiger partial charge in [-0.05, 0) is 36.1 Å². The topological polar surface area (TPSA) is 0 Å². The molecule has 0 saturated heterocycles. The molecule has 0 fully saturated rings. The van der Waals surface area contributed by atoms with Gasteiger partial charge < -0.3 is 0 Å². The van der Waals surface area contributed by atoms with Crippen LogP contribution in [0, 0.1) is 12.7 Å². The predicted octanol–water partition coefficient (Wildman–Crippen LogP) is 5.41. The molecule has 0 heterocycles. The predicted molar refractivity (Wildman–Crippen MR) is 79.3 cm³/mol. The normalized spacial score (nSPS) is 12.4. The molecule has 0 aliphatic carbocycles.